The van der Waals surface area contributed by atoms with Crippen molar-refractivity contribution in [1.29, 1.82) is 0 Å². The van der Waals surface area contributed by atoms with Crippen molar-refractivity contribution in [2.45, 2.75) is 64.9 Å². The van der Waals surface area contributed by atoms with Gasteiger partial charge in [-0.1, -0.05) is 26.0 Å². The van der Waals surface area contributed by atoms with Gasteiger partial charge in [0.05, 0.1) is 32.4 Å². The van der Waals surface area contributed by atoms with Gasteiger partial charge in [-0.2, -0.15) is 13.2 Å². The Kier molecular flexibility index (Phi) is 7.86. The number of ether oxygens (including phenoxy) is 3. The number of rotatable bonds is 8. The average molecular weight is 575 g/mol. The lowest BCUT2D eigenvalue weighted by Gasteiger charge is -2.35. The number of ketones is 1. The third kappa shape index (κ3) is 5.37. The first-order valence-corrected chi connectivity index (χ1v) is 13.1. The molecule has 0 saturated heterocycles. The van der Waals surface area contributed by atoms with Gasteiger partial charge in [-0.25, -0.2) is 0 Å². The van der Waals surface area contributed by atoms with Crippen molar-refractivity contribution in [1.82, 2.24) is 10.2 Å². The van der Waals surface area contributed by atoms with Crippen molar-refractivity contribution >= 4 is 17.6 Å². The van der Waals surface area contributed by atoms with E-state index < -0.39 is 40.3 Å². The Morgan fingerprint density at radius 3 is 2.24 bits per heavy atom. The maximum absolute atomic E-state index is 15.1. The zero-order chi connectivity index (χ0) is 30.3. The maximum Gasteiger partial charge on any atom is 0.425 e. The van der Waals surface area contributed by atoms with Crippen LogP contribution in [0.15, 0.2) is 53.7 Å². The summed E-state index contributed by atoms with van der Waals surface area (Å²) >= 11 is 0. The number of methoxy groups -OCH3 is 2. The molecule has 220 valence electrons. The Labute approximate surface area is 236 Å². The molecule has 0 spiro atoms. The number of amides is 2. The first-order valence-electron chi connectivity index (χ1n) is 13.1. The first-order chi connectivity index (χ1) is 19.1. The van der Waals surface area contributed by atoms with Crippen molar-refractivity contribution in [2.75, 3.05) is 14.2 Å². The van der Waals surface area contributed by atoms with Gasteiger partial charge in [-0.3, -0.25) is 14.4 Å². The SMILES string of the molecule is COc1cccc(CN2C(=O)[C@](NC(=O)c3ccc(OC(C)C)cc3)(C(F)(F)F)C3=C2CC(C)(C)CC3=O)c1OC. The molecule has 2 aliphatic rings. The average Bonchev–Trinajstić information content (AvgIpc) is 3.11. The molecular weight excluding hydrogens is 541 g/mol. The molecule has 0 bridgehead atoms. The molecule has 1 aliphatic heterocycles. The lowest BCUT2D eigenvalue weighted by Crippen LogP contribution is -2.66. The number of Topliss-reactive ketones (excluding diaryl/α,β-unsaturated/α-hetero) is 1. The predicted octanol–water partition coefficient (Wildman–Crippen LogP) is 5.21. The predicted molar refractivity (Wildman–Crippen MR) is 144 cm³/mol. The lowest BCUT2D eigenvalue weighted by molar-refractivity contribution is -0.190. The van der Waals surface area contributed by atoms with E-state index in [1.807, 2.05) is 5.32 Å². The van der Waals surface area contributed by atoms with Gasteiger partial charge in [0.25, 0.3) is 11.8 Å². The van der Waals surface area contributed by atoms with Crippen LogP contribution in [0.5, 0.6) is 17.2 Å². The van der Waals surface area contributed by atoms with Crippen molar-refractivity contribution in [3.63, 3.8) is 0 Å². The van der Waals surface area contributed by atoms with Gasteiger partial charge in [-0.05, 0) is 56.0 Å². The number of halogens is 3. The fourth-order valence-corrected chi connectivity index (χ4v) is 5.44. The van der Waals surface area contributed by atoms with Crippen molar-refractivity contribution in [3.8, 4) is 17.2 Å². The molecule has 0 fully saturated rings. The summed E-state index contributed by atoms with van der Waals surface area (Å²) in [7, 11) is 2.79. The fourth-order valence-electron chi connectivity index (χ4n) is 5.44. The van der Waals surface area contributed by atoms with Crippen LogP contribution in [0, 0.1) is 5.41 Å². The largest absolute Gasteiger partial charge is 0.493 e. The molecule has 1 N–H and O–H groups in total. The summed E-state index contributed by atoms with van der Waals surface area (Å²) in [6.07, 6.45) is -5.68. The minimum Gasteiger partial charge on any atom is -0.493 e. The smallest absolute Gasteiger partial charge is 0.425 e. The molecule has 2 aromatic rings. The van der Waals surface area contributed by atoms with E-state index >= 15 is 13.2 Å². The van der Waals surface area contributed by atoms with Crippen LogP contribution >= 0.6 is 0 Å². The van der Waals surface area contributed by atoms with Gasteiger partial charge in [0.2, 0.25) is 5.54 Å². The second-order valence-corrected chi connectivity index (χ2v) is 11.2. The van der Waals surface area contributed by atoms with Gasteiger partial charge in [0.1, 0.15) is 5.75 Å². The van der Waals surface area contributed by atoms with Gasteiger partial charge >= 0.3 is 6.18 Å². The summed E-state index contributed by atoms with van der Waals surface area (Å²) in [5, 5.41) is 1.95. The third-order valence-corrected chi connectivity index (χ3v) is 7.15. The van der Waals surface area contributed by atoms with Gasteiger partial charge in [0.15, 0.2) is 17.3 Å². The fraction of sp³-hybridized carbons (Fsp3) is 0.433. The van der Waals surface area contributed by atoms with E-state index in [9.17, 15) is 14.4 Å². The van der Waals surface area contributed by atoms with Crippen molar-refractivity contribution < 1.29 is 41.8 Å². The number of hydrogen-bond acceptors (Lipinski definition) is 6. The number of nitrogens with zero attached hydrogens (tertiary/aromatic N) is 1. The Morgan fingerprint density at radius 2 is 1.68 bits per heavy atom. The van der Waals surface area contributed by atoms with Crippen molar-refractivity contribution in [3.05, 3.63) is 64.9 Å². The molecule has 8 nitrogen and oxygen atoms in total. The van der Waals surface area contributed by atoms with Gasteiger partial charge < -0.3 is 24.4 Å². The van der Waals surface area contributed by atoms with Gasteiger partial charge in [0, 0.05) is 23.2 Å². The molecule has 2 amide bonds. The molecule has 0 aromatic heterocycles. The quantitative estimate of drug-likeness (QED) is 0.466. The molecule has 0 unspecified atom stereocenters. The van der Waals surface area contributed by atoms with Crippen LogP contribution in [0.4, 0.5) is 13.2 Å². The van der Waals surface area contributed by atoms with E-state index in [2.05, 4.69) is 0 Å². The van der Waals surface area contributed by atoms with E-state index in [-0.39, 0.29) is 42.5 Å². The van der Waals surface area contributed by atoms with Crippen LogP contribution in [-0.4, -0.2) is 54.5 Å². The molecule has 2 aromatic carbocycles. The van der Waals surface area contributed by atoms with E-state index in [0.29, 0.717) is 17.1 Å². The van der Waals surface area contributed by atoms with E-state index in [0.717, 1.165) is 4.90 Å². The number of alkyl halides is 3. The summed E-state index contributed by atoms with van der Waals surface area (Å²) in [4.78, 5) is 41.7. The van der Waals surface area contributed by atoms with Crippen LogP contribution in [0.3, 0.4) is 0 Å². The molecule has 1 aliphatic carbocycles. The summed E-state index contributed by atoms with van der Waals surface area (Å²) in [6.45, 7) is 6.77. The molecule has 1 atom stereocenters. The summed E-state index contributed by atoms with van der Waals surface area (Å²) < 4.78 is 61.7. The number of nitrogens with one attached hydrogen (secondary N) is 1. The number of carbonyl (C=O) groups excluding carboxylic acids is 3. The minimum atomic E-state index is -5.33. The Morgan fingerprint density at radius 1 is 1.02 bits per heavy atom. The molecular formula is C30H33F3N2O6. The number of allylic oxidation sites excluding steroid dienone is 1. The van der Waals surface area contributed by atoms with Crippen LogP contribution in [0.2, 0.25) is 0 Å². The molecule has 0 saturated carbocycles. The molecule has 11 heteroatoms. The molecule has 0 radical (unpaired) electrons. The highest BCUT2D eigenvalue weighted by molar-refractivity contribution is 6.14. The molecule has 41 heavy (non-hydrogen) atoms. The highest BCUT2D eigenvalue weighted by atomic mass is 19.4. The molecule has 1 heterocycles. The Bertz CT molecular complexity index is 1400. The highest BCUT2D eigenvalue weighted by Crippen LogP contribution is 2.52. The second kappa shape index (κ2) is 10.8. The zero-order valence-electron chi connectivity index (χ0n) is 23.8. The number of benzene rings is 2. The Balaban J connectivity index is 1.83. The third-order valence-electron chi connectivity index (χ3n) is 7.15. The van der Waals surface area contributed by atoms with Crippen LogP contribution < -0.4 is 19.5 Å². The summed E-state index contributed by atoms with van der Waals surface area (Å²) in [6, 6.07) is 10.3. The number of carbonyl (C=O) groups is 3. The van der Waals surface area contributed by atoms with Crippen LogP contribution in [0.1, 0.15) is 56.5 Å². The standard InChI is InChI=1S/C30H33F3N2O6/c1-17(2)41-20-12-10-18(11-13-20)26(37)34-29(30(31,32)33)24-21(14-28(3,4)15-22(24)36)35(27(29)38)16-19-8-7-9-23(39-5)25(19)40-6/h7-13,17H,14-16H2,1-6H3,(H,34,37)/t29-/m0/s1. The minimum absolute atomic E-state index is 0.0149. The van der Waals surface area contributed by atoms with E-state index in [1.165, 1.54) is 38.5 Å². The number of hydrogen-bond donors (Lipinski definition) is 1. The Hall–Kier alpha value is -4.02. The highest BCUT2D eigenvalue weighted by Gasteiger charge is 2.71. The normalized spacial score (nSPS) is 20.3. The first kappa shape index (κ1) is 30.0. The second-order valence-electron chi connectivity index (χ2n) is 11.2. The maximum atomic E-state index is 15.1. The van der Waals surface area contributed by atoms with E-state index in [4.69, 9.17) is 14.2 Å². The monoisotopic (exact) mass is 574 g/mol. The van der Waals surface area contributed by atoms with Crippen LogP contribution in [-0.2, 0) is 16.1 Å². The van der Waals surface area contributed by atoms with Crippen LogP contribution in [0.25, 0.3) is 0 Å². The molecule has 4 rings (SSSR count). The lowest BCUT2D eigenvalue weighted by atomic mass is 9.72. The van der Waals surface area contributed by atoms with Crippen molar-refractivity contribution in [2.24, 2.45) is 5.41 Å². The van der Waals surface area contributed by atoms with Gasteiger partial charge in [-0.15, -0.1) is 0 Å². The summed E-state index contributed by atoms with van der Waals surface area (Å²) in [5.41, 5.74) is -4.86. The zero-order valence-corrected chi connectivity index (χ0v) is 23.8. The topological polar surface area (TPSA) is 94.2 Å². The number of para-hydroxylation sites is 1. The summed E-state index contributed by atoms with van der Waals surface area (Å²) in [5.74, 6) is -2.47. The van der Waals surface area contributed by atoms with E-state index in [1.54, 1.807) is 45.9 Å².